The van der Waals surface area contributed by atoms with E-state index in [-0.39, 0.29) is 19.4 Å². The number of hydrogen-bond acceptors (Lipinski definition) is 10. The molecule has 0 aromatic heterocycles. The average molecular weight is 698 g/mol. The molecular formula is C38H52FN3O8. The average Bonchev–Trinajstić information content (AvgIpc) is 3.94. The number of esters is 3. The first-order valence-corrected chi connectivity index (χ1v) is 17.5. The molecule has 1 N–H and O–H groups in total. The van der Waals surface area contributed by atoms with Crippen molar-refractivity contribution in [1.82, 2.24) is 10.2 Å². The van der Waals surface area contributed by atoms with Crippen LogP contribution in [-0.2, 0) is 51.2 Å². The van der Waals surface area contributed by atoms with E-state index >= 15 is 0 Å². The fraction of sp³-hybridized carbons (Fsp3) is 0.579. The predicted octanol–water partition coefficient (Wildman–Crippen LogP) is 4.40. The van der Waals surface area contributed by atoms with Crippen LogP contribution >= 0.6 is 0 Å². The number of hydrogen-bond donors (Lipinski definition) is 1. The number of carbonyl (C=O) groups is 4. The lowest BCUT2D eigenvalue weighted by atomic mass is 10.0. The van der Waals surface area contributed by atoms with Crippen LogP contribution in [-0.4, -0.2) is 99.1 Å². The summed E-state index contributed by atoms with van der Waals surface area (Å²) in [7, 11) is 3.00. The number of morpholine rings is 1. The third-order valence-corrected chi connectivity index (χ3v) is 9.07. The van der Waals surface area contributed by atoms with E-state index in [1.54, 1.807) is 0 Å². The second-order valence-electron chi connectivity index (χ2n) is 13.8. The fourth-order valence-corrected chi connectivity index (χ4v) is 5.87. The van der Waals surface area contributed by atoms with E-state index in [1.807, 2.05) is 54.6 Å². The van der Waals surface area contributed by atoms with Gasteiger partial charge in [-0.2, -0.15) is 0 Å². The third-order valence-electron chi connectivity index (χ3n) is 9.07. The highest BCUT2D eigenvalue weighted by molar-refractivity contribution is 5.90. The Morgan fingerprint density at radius 3 is 2.22 bits per heavy atom. The number of carbonyl (C=O) groups excluding carboxylic acids is 4. The van der Waals surface area contributed by atoms with E-state index in [0.717, 1.165) is 42.7 Å². The normalized spacial score (nSPS) is 17.2. The molecule has 2 aromatic rings. The topological polar surface area (TPSA) is 124 Å². The molecule has 1 saturated heterocycles. The zero-order valence-corrected chi connectivity index (χ0v) is 29.9. The van der Waals surface area contributed by atoms with E-state index in [1.165, 1.54) is 39.8 Å². The van der Waals surface area contributed by atoms with Crippen molar-refractivity contribution < 1.29 is 42.5 Å². The van der Waals surface area contributed by atoms with Crippen molar-refractivity contribution in [3.8, 4) is 0 Å². The van der Waals surface area contributed by atoms with Crippen molar-refractivity contribution in [3.05, 3.63) is 65.7 Å². The summed E-state index contributed by atoms with van der Waals surface area (Å²) < 4.78 is 36.8. The Balaban J connectivity index is 1.50. The smallest absolute Gasteiger partial charge is 0.347 e. The van der Waals surface area contributed by atoms with Gasteiger partial charge in [-0.25, -0.2) is 14.0 Å². The van der Waals surface area contributed by atoms with Gasteiger partial charge in [0.05, 0.1) is 13.2 Å². The Morgan fingerprint density at radius 2 is 1.62 bits per heavy atom. The Bertz CT molecular complexity index is 1410. The van der Waals surface area contributed by atoms with Crippen LogP contribution in [0.25, 0.3) is 0 Å². The van der Waals surface area contributed by atoms with E-state index in [2.05, 4.69) is 10.2 Å². The van der Waals surface area contributed by atoms with Crippen LogP contribution in [0.1, 0.15) is 64.0 Å². The van der Waals surface area contributed by atoms with Crippen molar-refractivity contribution in [2.45, 2.75) is 95.9 Å². The van der Waals surface area contributed by atoms with Gasteiger partial charge >= 0.3 is 17.9 Å². The van der Waals surface area contributed by atoms with Crippen LogP contribution in [0.5, 0.6) is 0 Å². The van der Waals surface area contributed by atoms with E-state index in [0.29, 0.717) is 32.0 Å². The Hall–Kier alpha value is -4.03. The summed E-state index contributed by atoms with van der Waals surface area (Å²) in [6, 6.07) is 14.8. The number of nitrogens with one attached hydrogen (secondary N) is 1. The molecule has 0 bridgehead atoms. The SMILES string of the molecule is CN[C@@H](CC(C)(C)F)C(=O)O[C@H](Cc1ccc(N2CCOCC2)cc1)C(=O)N(C)[C@@H](CCC1CC1)C(=O)O[C@H](C)C(=O)OCc1ccccc1. The first kappa shape index (κ1) is 38.8. The number of anilines is 1. The standard InChI is InChI=1S/C38H52FN3O8/c1-26(35(44)48-25-29-9-7-6-8-10-29)49-37(46)32(18-15-27-11-12-27)41(5)34(43)33(50-36(45)31(40-4)24-38(2,3)39)23-28-13-16-30(17-14-28)42-19-21-47-22-20-42/h6-10,13-14,16-17,26-27,31-33,40H,11-12,15,18-25H2,1-5H3/t26-,31+,32+,33-/m1/s1. The van der Waals surface area contributed by atoms with Crippen LogP contribution in [0.2, 0.25) is 0 Å². The molecule has 4 atom stereocenters. The van der Waals surface area contributed by atoms with Crippen LogP contribution in [0, 0.1) is 5.92 Å². The van der Waals surface area contributed by atoms with Gasteiger partial charge < -0.3 is 34.1 Å². The van der Waals surface area contributed by atoms with Crippen LogP contribution in [0.4, 0.5) is 10.1 Å². The predicted molar refractivity (Wildman–Crippen MR) is 186 cm³/mol. The summed E-state index contributed by atoms with van der Waals surface area (Å²) in [5.74, 6) is -2.40. The Kier molecular flexibility index (Phi) is 14.2. The van der Waals surface area contributed by atoms with Crippen molar-refractivity contribution >= 4 is 29.5 Å². The van der Waals surface area contributed by atoms with Gasteiger partial charge in [0.2, 0.25) is 0 Å². The van der Waals surface area contributed by atoms with Crippen molar-refractivity contribution in [2.75, 3.05) is 45.3 Å². The lowest BCUT2D eigenvalue weighted by molar-refractivity contribution is -0.173. The molecule has 0 spiro atoms. The molecule has 50 heavy (non-hydrogen) atoms. The van der Waals surface area contributed by atoms with Crippen molar-refractivity contribution in [3.63, 3.8) is 0 Å². The molecule has 12 heteroatoms. The molecule has 2 aliphatic rings. The number of nitrogens with zero attached hydrogens (tertiary/aromatic N) is 2. The second kappa shape index (κ2) is 18.3. The first-order chi connectivity index (χ1) is 23.8. The number of amides is 1. The number of alkyl halides is 1. The largest absolute Gasteiger partial charge is 0.458 e. The lowest BCUT2D eigenvalue weighted by Crippen LogP contribution is -2.51. The zero-order chi connectivity index (χ0) is 36.3. The summed E-state index contributed by atoms with van der Waals surface area (Å²) in [5, 5.41) is 2.80. The zero-order valence-electron chi connectivity index (χ0n) is 29.9. The maximum absolute atomic E-state index is 14.6. The minimum atomic E-state index is -1.67. The summed E-state index contributed by atoms with van der Waals surface area (Å²) >= 11 is 0. The molecule has 274 valence electrons. The summed E-state index contributed by atoms with van der Waals surface area (Å²) in [6.45, 7) is 7.00. The highest BCUT2D eigenvalue weighted by atomic mass is 19.1. The summed E-state index contributed by atoms with van der Waals surface area (Å²) in [6.07, 6.45) is 0.411. The molecule has 4 rings (SSSR count). The lowest BCUT2D eigenvalue weighted by Gasteiger charge is -2.31. The molecule has 11 nitrogen and oxygen atoms in total. The molecule has 0 radical (unpaired) electrons. The van der Waals surface area contributed by atoms with Gasteiger partial charge in [-0.1, -0.05) is 55.3 Å². The molecule has 1 amide bonds. The van der Waals surface area contributed by atoms with Gasteiger partial charge in [-0.15, -0.1) is 0 Å². The highest BCUT2D eigenvalue weighted by Crippen LogP contribution is 2.34. The number of rotatable bonds is 18. The molecule has 1 aliphatic heterocycles. The Labute approximate surface area is 294 Å². The molecule has 1 saturated carbocycles. The number of halogens is 1. The second-order valence-corrected chi connectivity index (χ2v) is 13.8. The van der Waals surface area contributed by atoms with Crippen LogP contribution < -0.4 is 10.2 Å². The minimum Gasteiger partial charge on any atom is -0.458 e. The van der Waals surface area contributed by atoms with Gasteiger partial charge in [-0.3, -0.25) is 9.59 Å². The maximum Gasteiger partial charge on any atom is 0.347 e. The summed E-state index contributed by atoms with van der Waals surface area (Å²) in [5.41, 5.74) is 0.863. The maximum atomic E-state index is 14.6. The first-order valence-electron chi connectivity index (χ1n) is 17.5. The van der Waals surface area contributed by atoms with Crippen LogP contribution in [0.3, 0.4) is 0 Å². The number of ether oxygens (including phenoxy) is 4. The fourth-order valence-electron chi connectivity index (χ4n) is 5.87. The third kappa shape index (κ3) is 12.1. The van der Waals surface area contributed by atoms with Gasteiger partial charge in [0.1, 0.15) is 24.4 Å². The van der Waals surface area contributed by atoms with Crippen molar-refractivity contribution in [1.29, 1.82) is 0 Å². The van der Waals surface area contributed by atoms with Gasteiger partial charge in [0.15, 0.2) is 12.2 Å². The molecule has 2 aromatic carbocycles. The monoisotopic (exact) mass is 697 g/mol. The minimum absolute atomic E-state index is 0.0265. The molecule has 0 unspecified atom stereocenters. The van der Waals surface area contributed by atoms with E-state index < -0.39 is 53.8 Å². The van der Waals surface area contributed by atoms with E-state index in [9.17, 15) is 23.6 Å². The number of benzene rings is 2. The Morgan fingerprint density at radius 1 is 0.960 bits per heavy atom. The number of likely N-dealkylation sites (N-methyl/N-ethyl adjacent to an activating group) is 2. The van der Waals surface area contributed by atoms with Gasteiger partial charge in [0, 0.05) is 38.7 Å². The van der Waals surface area contributed by atoms with E-state index in [4.69, 9.17) is 18.9 Å². The molecule has 1 heterocycles. The molecule has 2 fully saturated rings. The van der Waals surface area contributed by atoms with Gasteiger partial charge in [0.25, 0.3) is 5.91 Å². The quantitative estimate of drug-likeness (QED) is 0.177. The molecular weight excluding hydrogens is 645 g/mol. The highest BCUT2D eigenvalue weighted by Gasteiger charge is 2.38. The summed E-state index contributed by atoms with van der Waals surface area (Å²) in [4.78, 5) is 57.4. The van der Waals surface area contributed by atoms with Crippen molar-refractivity contribution in [2.24, 2.45) is 5.92 Å². The van der Waals surface area contributed by atoms with Gasteiger partial charge in [-0.05, 0) is 69.8 Å². The van der Waals surface area contributed by atoms with Crippen LogP contribution in [0.15, 0.2) is 54.6 Å². The molecule has 1 aliphatic carbocycles.